The zero-order chi connectivity index (χ0) is 14.9. The molecule has 0 unspecified atom stereocenters. The molecule has 0 aliphatic heterocycles. The monoisotopic (exact) mass is 285 g/mol. The van der Waals surface area contributed by atoms with Gasteiger partial charge in [0, 0.05) is 11.4 Å². The molecule has 106 valence electrons. The molecule has 0 atom stereocenters. The van der Waals surface area contributed by atoms with Gasteiger partial charge in [-0.05, 0) is 25.1 Å². The Labute approximate surface area is 111 Å². The SMILES string of the molecule is Cc1ncoc1C(=O)Nc1ccc(N)c(C(F)(F)F)c1. The van der Waals surface area contributed by atoms with Crippen molar-refractivity contribution in [2.75, 3.05) is 11.1 Å². The highest BCUT2D eigenvalue weighted by molar-refractivity contribution is 6.03. The molecule has 2 aromatic rings. The number of nitrogen functional groups attached to an aromatic ring is 1. The quantitative estimate of drug-likeness (QED) is 0.831. The van der Waals surface area contributed by atoms with E-state index in [0.29, 0.717) is 5.69 Å². The van der Waals surface area contributed by atoms with E-state index < -0.39 is 23.3 Å². The van der Waals surface area contributed by atoms with Crippen molar-refractivity contribution in [1.82, 2.24) is 4.98 Å². The fraction of sp³-hybridized carbons (Fsp3) is 0.167. The number of carbonyl (C=O) groups excluding carboxylic acids is 1. The number of hydrogen-bond acceptors (Lipinski definition) is 4. The first-order valence-corrected chi connectivity index (χ1v) is 5.47. The average Bonchev–Trinajstić information content (AvgIpc) is 2.76. The van der Waals surface area contributed by atoms with Crippen LogP contribution in [-0.4, -0.2) is 10.9 Å². The van der Waals surface area contributed by atoms with Crippen molar-refractivity contribution in [2.24, 2.45) is 0 Å². The van der Waals surface area contributed by atoms with Crippen LogP contribution < -0.4 is 11.1 Å². The van der Waals surface area contributed by atoms with Gasteiger partial charge >= 0.3 is 6.18 Å². The van der Waals surface area contributed by atoms with Crippen molar-refractivity contribution in [1.29, 1.82) is 0 Å². The number of benzene rings is 1. The van der Waals surface area contributed by atoms with Crippen LogP contribution in [-0.2, 0) is 6.18 Å². The zero-order valence-electron chi connectivity index (χ0n) is 10.3. The Bertz CT molecular complexity index is 650. The molecule has 0 fully saturated rings. The summed E-state index contributed by atoms with van der Waals surface area (Å²) < 4.78 is 42.9. The Morgan fingerprint density at radius 3 is 2.65 bits per heavy atom. The van der Waals surface area contributed by atoms with E-state index in [1.807, 2.05) is 0 Å². The molecule has 0 saturated carbocycles. The molecular formula is C12H10F3N3O2. The number of aryl methyl sites for hydroxylation is 1. The predicted molar refractivity (Wildman–Crippen MR) is 65.0 cm³/mol. The van der Waals surface area contributed by atoms with Crippen molar-refractivity contribution in [2.45, 2.75) is 13.1 Å². The maximum Gasteiger partial charge on any atom is 0.418 e. The summed E-state index contributed by atoms with van der Waals surface area (Å²) in [5.41, 5.74) is 4.15. The van der Waals surface area contributed by atoms with E-state index in [4.69, 9.17) is 10.2 Å². The second-order valence-electron chi connectivity index (χ2n) is 4.02. The number of hydrogen-bond donors (Lipinski definition) is 2. The summed E-state index contributed by atoms with van der Waals surface area (Å²) in [5.74, 6) is -0.742. The summed E-state index contributed by atoms with van der Waals surface area (Å²) in [4.78, 5) is 15.5. The number of oxazole rings is 1. The van der Waals surface area contributed by atoms with Gasteiger partial charge in [-0.2, -0.15) is 13.2 Å². The van der Waals surface area contributed by atoms with E-state index in [-0.39, 0.29) is 11.4 Å². The van der Waals surface area contributed by atoms with Gasteiger partial charge in [-0.25, -0.2) is 4.98 Å². The summed E-state index contributed by atoms with van der Waals surface area (Å²) >= 11 is 0. The number of nitrogens with one attached hydrogen (secondary N) is 1. The van der Waals surface area contributed by atoms with Crippen molar-refractivity contribution >= 4 is 17.3 Å². The van der Waals surface area contributed by atoms with Gasteiger partial charge in [-0.3, -0.25) is 4.79 Å². The standard InChI is InChI=1S/C12H10F3N3O2/c1-6-10(20-5-17-6)11(19)18-7-2-3-9(16)8(4-7)12(13,14)15/h2-5H,16H2,1H3,(H,18,19). The van der Waals surface area contributed by atoms with Gasteiger partial charge in [0.15, 0.2) is 6.39 Å². The minimum Gasteiger partial charge on any atom is -0.438 e. The number of alkyl halides is 3. The van der Waals surface area contributed by atoms with Gasteiger partial charge in [0.2, 0.25) is 5.76 Å². The minimum atomic E-state index is -4.59. The van der Waals surface area contributed by atoms with Crippen LogP contribution in [0.4, 0.5) is 24.5 Å². The van der Waals surface area contributed by atoms with Gasteiger partial charge in [0.1, 0.15) is 0 Å². The van der Waals surface area contributed by atoms with Crippen molar-refractivity contribution in [3.8, 4) is 0 Å². The van der Waals surface area contributed by atoms with Crippen LogP contribution in [0.3, 0.4) is 0 Å². The number of nitrogens with zero attached hydrogens (tertiary/aromatic N) is 1. The van der Waals surface area contributed by atoms with E-state index in [1.165, 1.54) is 6.07 Å². The minimum absolute atomic E-state index is 0.0349. The molecule has 0 radical (unpaired) electrons. The van der Waals surface area contributed by atoms with Crippen molar-refractivity contribution in [3.63, 3.8) is 0 Å². The normalized spacial score (nSPS) is 11.4. The summed E-state index contributed by atoms with van der Waals surface area (Å²) in [6, 6.07) is 3.11. The van der Waals surface area contributed by atoms with Gasteiger partial charge in [-0.15, -0.1) is 0 Å². The lowest BCUT2D eigenvalue weighted by Crippen LogP contribution is -2.14. The molecule has 2 rings (SSSR count). The number of rotatable bonds is 2. The zero-order valence-corrected chi connectivity index (χ0v) is 10.3. The van der Waals surface area contributed by atoms with Gasteiger partial charge < -0.3 is 15.5 Å². The molecule has 0 aliphatic carbocycles. The first kappa shape index (κ1) is 13.9. The third-order valence-electron chi connectivity index (χ3n) is 2.57. The highest BCUT2D eigenvalue weighted by Gasteiger charge is 2.33. The van der Waals surface area contributed by atoms with Gasteiger partial charge in [0.25, 0.3) is 5.91 Å². The van der Waals surface area contributed by atoms with E-state index in [2.05, 4.69) is 10.3 Å². The highest BCUT2D eigenvalue weighted by atomic mass is 19.4. The number of anilines is 2. The van der Waals surface area contributed by atoms with Crippen LogP contribution in [0.1, 0.15) is 21.8 Å². The molecule has 8 heteroatoms. The number of halogens is 3. The topological polar surface area (TPSA) is 81.2 Å². The van der Waals surface area contributed by atoms with Crippen LogP contribution in [0.5, 0.6) is 0 Å². The Morgan fingerprint density at radius 2 is 2.10 bits per heavy atom. The van der Waals surface area contributed by atoms with E-state index in [1.54, 1.807) is 6.92 Å². The van der Waals surface area contributed by atoms with E-state index in [0.717, 1.165) is 18.5 Å². The number of carbonyl (C=O) groups is 1. The second-order valence-corrected chi connectivity index (χ2v) is 4.02. The molecule has 1 aromatic carbocycles. The summed E-state index contributed by atoms with van der Waals surface area (Å²) in [7, 11) is 0. The van der Waals surface area contributed by atoms with Crippen LogP contribution in [0.25, 0.3) is 0 Å². The summed E-state index contributed by atoms with van der Waals surface area (Å²) in [5, 5.41) is 2.30. The molecule has 3 N–H and O–H groups in total. The van der Waals surface area contributed by atoms with E-state index >= 15 is 0 Å². The molecule has 1 aromatic heterocycles. The van der Waals surface area contributed by atoms with Crippen LogP contribution >= 0.6 is 0 Å². The predicted octanol–water partition coefficient (Wildman–Crippen LogP) is 2.84. The molecule has 0 spiro atoms. The number of aromatic nitrogens is 1. The Morgan fingerprint density at radius 1 is 1.40 bits per heavy atom. The molecule has 0 bridgehead atoms. The van der Waals surface area contributed by atoms with E-state index in [9.17, 15) is 18.0 Å². The molecule has 20 heavy (non-hydrogen) atoms. The smallest absolute Gasteiger partial charge is 0.418 e. The molecule has 0 saturated heterocycles. The second kappa shape index (κ2) is 4.87. The third kappa shape index (κ3) is 2.73. The third-order valence-corrected chi connectivity index (χ3v) is 2.57. The molecule has 1 heterocycles. The first-order valence-electron chi connectivity index (χ1n) is 5.47. The maximum absolute atomic E-state index is 12.7. The summed E-state index contributed by atoms with van der Waals surface area (Å²) in [6.07, 6.45) is -3.51. The maximum atomic E-state index is 12.7. The first-order chi connectivity index (χ1) is 9.29. The fourth-order valence-electron chi connectivity index (χ4n) is 1.59. The van der Waals surface area contributed by atoms with Crippen LogP contribution in [0, 0.1) is 6.92 Å². The van der Waals surface area contributed by atoms with Gasteiger partial charge in [0.05, 0.1) is 11.3 Å². The lowest BCUT2D eigenvalue weighted by molar-refractivity contribution is -0.136. The summed E-state index contributed by atoms with van der Waals surface area (Å²) in [6.45, 7) is 1.54. The largest absolute Gasteiger partial charge is 0.438 e. The lowest BCUT2D eigenvalue weighted by atomic mass is 10.1. The molecular weight excluding hydrogens is 275 g/mol. The molecule has 0 aliphatic rings. The Kier molecular flexibility index (Phi) is 3.39. The fourth-order valence-corrected chi connectivity index (χ4v) is 1.59. The average molecular weight is 285 g/mol. The van der Waals surface area contributed by atoms with Crippen LogP contribution in [0.15, 0.2) is 29.0 Å². The number of nitrogens with two attached hydrogens (primary N) is 1. The Hall–Kier alpha value is -2.51. The lowest BCUT2D eigenvalue weighted by Gasteiger charge is -2.12. The Balaban J connectivity index is 2.27. The van der Waals surface area contributed by atoms with Crippen molar-refractivity contribution in [3.05, 3.63) is 41.6 Å². The number of amides is 1. The van der Waals surface area contributed by atoms with Crippen LogP contribution in [0.2, 0.25) is 0 Å². The molecule has 5 nitrogen and oxygen atoms in total. The highest BCUT2D eigenvalue weighted by Crippen LogP contribution is 2.35. The van der Waals surface area contributed by atoms with Gasteiger partial charge in [-0.1, -0.05) is 0 Å². The van der Waals surface area contributed by atoms with Crippen molar-refractivity contribution < 1.29 is 22.4 Å². The molecule has 1 amide bonds.